The zero-order chi connectivity index (χ0) is 17.4. The number of anilines is 1. The van der Waals surface area contributed by atoms with E-state index in [0.29, 0.717) is 11.1 Å². The van der Waals surface area contributed by atoms with E-state index < -0.39 is 17.8 Å². The van der Waals surface area contributed by atoms with Crippen molar-refractivity contribution in [2.24, 2.45) is 5.10 Å². The van der Waals surface area contributed by atoms with Crippen molar-refractivity contribution < 1.29 is 19.1 Å². The number of ether oxygens (including phenoxy) is 1. The summed E-state index contributed by atoms with van der Waals surface area (Å²) in [6, 6.07) is 11.3. The first-order valence-corrected chi connectivity index (χ1v) is 6.84. The Morgan fingerprint density at radius 1 is 1.08 bits per heavy atom. The van der Waals surface area contributed by atoms with Crippen molar-refractivity contribution in [3.8, 4) is 0 Å². The minimum atomic E-state index is -0.928. The predicted molar refractivity (Wildman–Crippen MR) is 86.4 cm³/mol. The van der Waals surface area contributed by atoms with Crippen LogP contribution in [0.4, 0.5) is 5.82 Å². The van der Waals surface area contributed by atoms with Crippen LogP contribution in [0.3, 0.4) is 0 Å². The molecule has 8 heteroatoms. The zero-order valence-corrected chi connectivity index (χ0v) is 12.7. The lowest BCUT2D eigenvalue weighted by Gasteiger charge is -2.02. The Bertz CT molecular complexity index is 757. The first-order chi connectivity index (χ1) is 11.6. The van der Waals surface area contributed by atoms with Gasteiger partial charge in [-0.2, -0.15) is 5.10 Å². The molecule has 0 aliphatic rings. The lowest BCUT2D eigenvalue weighted by Crippen LogP contribution is -2.32. The van der Waals surface area contributed by atoms with Gasteiger partial charge in [0.2, 0.25) is 0 Å². The second-order valence-corrected chi connectivity index (χ2v) is 4.48. The topological polar surface area (TPSA) is 110 Å². The van der Waals surface area contributed by atoms with Crippen molar-refractivity contribution in [3.05, 3.63) is 59.8 Å². The van der Waals surface area contributed by atoms with Gasteiger partial charge in [0.15, 0.2) is 0 Å². The molecule has 8 nitrogen and oxygen atoms in total. The third-order valence-electron chi connectivity index (χ3n) is 2.82. The molecule has 0 radical (unpaired) electrons. The third-order valence-corrected chi connectivity index (χ3v) is 2.82. The van der Waals surface area contributed by atoms with Gasteiger partial charge in [-0.3, -0.25) is 9.59 Å². The number of nitrogens with one attached hydrogen (secondary N) is 2. The van der Waals surface area contributed by atoms with E-state index in [1.807, 2.05) is 0 Å². The fraction of sp³-hybridized carbons (Fsp3) is 0.0625. The van der Waals surface area contributed by atoms with Crippen LogP contribution in [0.1, 0.15) is 15.9 Å². The van der Waals surface area contributed by atoms with Crippen molar-refractivity contribution in [3.63, 3.8) is 0 Å². The van der Waals surface area contributed by atoms with E-state index in [9.17, 15) is 14.4 Å². The number of carbonyl (C=O) groups excluding carboxylic acids is 3. The van der Waals surface area contributed by atoms with E-state index in [2.05, 4.69) is 25.6 Å². The molecule has 2 amide bonds. The molecule has 0 saturated carbocycles. The summed E-state index contributed by atoms with van der Waals surface area (Å²) in [6.07, 6.45) is 2.83. The van der Waals surface area contributed by atoms with Gasteiger partial charge in [-0.05, 0) is 29.8 Å². The number of carbonyl (C=O) groups is 3. The molecule has 122 valence electrons. The highest BCUT2D eigenvalue weighted by Crippen LogP contribution is 2.04. The van der Waals surface area contributed by atoms with E-state index >= 15 is 0 Å². The summed E-state index contributed by atoms with van der Waals surface area (Å²) < 4.78 is 4.58. The standard InChI is InChI=1S/C16H14N4O4/c1-24-16(23)12-7-5-11(6-8-12)10-18-20-15(22)14(21)19-13-4-2-3-9-17-13/h2-10H,1H3,(H,20,22)(H,17,19,21)/b18-10+. The number of esters is 1. The maximum Gasteiger partial charge on any atom is 0.337 e. The van der Waals surface area contributed by atoms with Crippen LogP contribution in [0.2, 0.25) is 0 Å². The molecule has 0 atom stereocenters. The van der Waals surface area contributed by atoms with Crippen molar-refractivity contribution in [2.75, 3.05) is 12.4 Å². The molecular formula is C16H14N4O4. The quantitative estimate of drug-likeness (QED) is 0.376. The van der Waals surface area contributed by atoms with Gasteiger partial charge in [-0.25, -0.2) is 15.2 Å². The Morgan fingerprint density at radius 2 is 1.83 bits per heavy atom. The van der Waals surface area contributed by atoms with Crippen LogP contribution in [0.5, 0.6) is 0 Å². The summed E-state index contributed by atoms with van der Waals surface area (Å²) in [5.74, 6) is -1.99. The Balaban J connectivity index is 1.87. The Labute approximate surface area is 137 Å². The zero-order valence-electron chi connectivity index (χ0n) is 12.7. The summed E-state index contributed by atoms with van der Waals surface area (Å²) >= 11 is 0. The number of rotatable bonds is 4. The van der Waals surface area contributed by atoms with Gasteiger partial charge in [0.25, 0.3) is 0 Å². The van der Waals surface area contributed by atoms with Crippen LogP contribution in [0, 0.1) is 0 Å². The van der Waals surface area contributed by atoms with Gasteiger partial charge in [0.1, 0.15) is 5.82 Å². The average Bonchev–Trinajstić information content (AvgIpc) is 2.62. The number of hydrogen-bond donors (Lipinski definition) is 2. The lowest BCUT2D eigenvalue weighted by atomic mass is 10.1. The molecule has 2 aromatic rings. The first-order valence-electron chi connectivity index (χ1n) is 6.84. The summed E-state index contributed by atoms with van der Waals surface area (Å²) in [5.41, 5.74) is 3.13. The van der Waals surface area contributed by atoms with Crippen molar-refractivity contribution in [1.29, 1.82) is 0 Å². The Kier molecular flexibility index (Phi) is 5.73. The first kappa shape index (κ1) is 16.8. The molecule has 0 bridgehead atoms. The monoisotopic (exact) mass is 326 g/mol. The van der Waals surface area contributed by atoms with E-state index in [-0.39, 0.29) is 5.82 Å². The number of amides is 2. The van der Waals surface area contributed by atoms with Gasteiger partial charge in [-0.15, -0.1) is 0 Å². The molecule has 1 aromatic carbocycles. The van der Waals surface area contributed by atoms with Gasteiger partial charge in [0, 0.05) is 6.20 Å². The SMILES string of the molecule is COC(=O)c1ccc(/C=N/NC(=O)C(=O)Nc2ccccn2)cc1. The molecule has 1 heterocycles. The number of benzene rings is 1. The largest absolute Gasteiger partial charge is 0.465 e. The highest BCUT2D eigenvalue weighted by atomic mass is 16.5. The Morgan fingerprint density at radius 3 is 2.46 bits per heavy atom. The molecule has 0 saturated heterocycles. The Hall–Kier alpha value is -3.55. The average molecular weight is 326 g/mol. The van der Waals surface area contributed by atoms with E-state index in [4.69, 9.17) is 0 Å². The molecule has 0 fully saturated rings. The number of methoxy groups -OCH3 is 1. The van der Waals surface area contributed by atoms with Crippen LogP contribution in [-0.2, 0) is 14.3 Å². The van der Waals surface area contributed by atoms with E-state index in [1.54, 1.807) is 42.5 Å². The maximum absolute atomic E-state index is 11.6. The number of hydrazone groups is 1. The van der Waals surface area contributed by atoms with Crippen LogP contribution >= 0.6 is 0 Å². The van der Waals surface area contributed by atoms with Crippen LogP contribution in [-0.4, -0.2) is 36.1 Å². The third kappa shape index (κ3) is 4.73. The normalized spacial score (nSPS) is 10.2. The fourth-order valence-electron chi connectivity index (χ4n) is 1.65. The number of nitrogens with zero attached hydrogens (tertiary/aromatic N) is 2. The predicted octanol–water partition coefficient (Wildman–Crippen LogP) is 0.957. The summed E-state index contributed by atoms with van der Waals surface area (Å²) in [6.45, 7) is 0. The summed E-state index contributed by atoms with van der Waals surface area (Å²) in [7, 11) is 1.29. The molecule has 2 N–H and O–H groups in total. The van der Waals surface area contributed by atoms with E-state index in [0.717, 1.165) is 0 Å². The van der Waals surface area contributed by atoms with Crippen molar-refractivity contribution in [1.82, 2.24) is 10.4 Å². The summed E-state index contributed by atoms with van der Waals surface area (Å²) in [4.78, 5) is 38.4. The molecule has 24 heavy (non-hydrogen) atoms. The highest BCUT2D eigenvalue weighted by molar-refractivity contribution is 6.39. The second-order valence-electron chi connectivity index (χ2n) is 4.48. The molecule has 0 aliphatic carbocycles. The minimum absolute atomic E-state index is 0.264. The fourth-order valence-corrected chi connectivity index (χ4v) is 1.65. The molecule has 2 rings (SSSR count). The van der Waals surface area contributed by atoms with Crippen molar-refractivity contribution >= 4 is 29.8 Å². The van der Waals surface area contributed by atoms with Crippen LogP contribution in [0.15, 0.2) is 53.8 Å². The smallest absolute Gasteiger partial charge is 0.337 e. The number of hydrogen-bond acceptors (Lipinski definition) is 6. The summed E-state index contributed by atoms with van der Waals surface area (Å²) in [5, 5.41) is 6.01. The molecule has 0 spiro atoms. The molecule has 1 aromatic heterocycles. The van der Waals surface area contributed by atoms with Gasteiger partial charge >= 0.3 is 17.8 Å². The molecule has 0 aliphatic heterocycles. The van der Waals surface area contributed by atoms with Gasteiger partial charge in [0.05, 0.1) is 18.9 Å². The van der Waals surface area contributed by atoms with Gasteiger partial charge in [-0.1, -0.05) is 18.2 Å². The maximum atomic E-state index is 11.6. The minimum Gasteiger partial charge on any atom is -0.465 e. The highest BCUT2D eigenvalue weighted by Gasteiger charge is 2.13. The van der Waals surface area contributed by atoms with Crippen LogP contribution < -0.4 is 10.7 Å². The molecular weight excluding hydrogens is 312 g/mol. The second kappa shape index (κ2) is 8.18. The molecule has 0 unspecified atom stereocenters. The number of pyridine rings is 1. The van der Waals surface area contributed by atoms with E-state index in [1.165, 1.54) is 19.5 Å². The van der Waals surface area contributed by atoms with Crippen LogP contribution in [0.25, 0.3) is 0 Å². The number of aromatic nitrogens is 1. The van der Waals surface area contributed by atoms with Crippen molar-refractivity contribution in [2.45, 2.75) is 0 Å². The lowest BCUT2D eigenvalue weighted by molar-refractivity contribution is -0.136. The van der Waals surface area contributed by atoms with Gasteiger partial charge < -0.3 is 10.1 Å².